The van der Waals surface area contributed by atoms with Gasteiger partial charge >= 0.3 is 0 Å². The van der Waals surface area contributed by atoms with Crippen LogP contribution < -0.4 is 5.32 Å². The molecule has 3 aliphatic heterocycles. The van der Waals surface area contributed by atoms with Crippen molar-refractivity contribution in [1.29, 1.82) is 0 Å². The molecule has 2 bridgehead atoms. The number of amides is 1. The van der Waals surface area contributed by atoms with Crippen molar-refractivity contribution in [2.75, 3.05) is 19.6 Å². The highest BCUT2D eigenvalue weighted by molar-refractivity contribution is 7.10. The summed E-state index contributed by atoms with van der Waals surface area (Å²) in [6, 6.07) is 1.98. The highest BCUT2D eigenvalue weighted by Crippen LogP contribution is 2.54. The molecule has 156 valence electrons. The van der Waals surface area contributed by atoms with Crippen LogP contribution >= 0.6 is 22.9 Å². The van der Waals surface area contributed by atoms with Crippen LogP contribution in [0.5, 0.6) is 0 Å². The maximum atomic E-state index is 12.0. The van der Waals surface area contributed by atoms with E-state index in [9.17, 15) is 4.79 Å². The molecule has 0 radical (unpaired) electrons. The fourth-order valence-corrected chi connectivity index (χ4v) is 6.13. The highest BCUT2D eigenvalue weighted by atomic mass is 35.5. The summed E-state index contributed by atoms with van der Waals surface area (Å²) >= 11 is 8.01. The number of halogens is 1. The Balaban J connectivity index is 0.000000706. The summed E-state index contributed by atoms with van der Waals surface area (Å²) in [5, 5.41) is 13.0. The fraction of sp³-hybridized carbons (Fsp3) is 0.700. The van der Waals surface area contributed by atoms with E-state index in [0.717, 1.165) is 44.0 Å². The number of ether oxygens (including phenoxy) is 1. The third kappa shape index (κ3) is 4.53. The maximum absolute atomic E-state index is 12.0. The van der Waals surface area contributed by atoms with Gasteiger partial charge in [-0.2, -0.15) is 0 Å². The summed E-state index contributed by atoms with van der Waals surface area (Å²) in [6.07, 6.45) is 3.23. The first-order chi connectivity index (χ1) is 13.4. The van der Waals surface area contributed by atoms with Gasteiger partial charge in [-0.1, -0.05) is 25.4 Å². The molecule has 0 unspecified atom stereocenters. The van der Waals surface area contributed by atoms with Crippen molar-refractivity contribution in [1.82, 2.24) is 10.2 Å². The quantitative estimate of drug-likeness (QED) is 0.680. The van der Waals surface area contributed by atoms with Crippen molar-refractivity contribution in [2.24, 2.45) is 17.8 Å². The number of nitrogens with zero attached hydrogens (tertiary/aromatic N) is 1. The van der Waals surface area contributed by atoms with E-state index in [4.69, 9.17) is 26.2 Å². The second-order valence-electron chi connectivity index (χ2n) is 8.40. The minimum absolute atomic E-state index is 0.0157. The Bertz CT molecular complexity index is 698. The largest absolute Gasteiger partial charge is 0.483 e. The van der Waals surface area contributed by atoms with Gasteiger partial charge in [0.25, 0.3) is 6.47 Å². The standard InChI is InChI=1S/C19H27ClN2O2S.CH2O2/c1-12(2)7-18(23)21-8-13-14-9-22(10-17-15(20)4-6-25-17)11-19(14)5-3-16(13)24-19;2-1-3/h4,6,12-14,16H,3,5,7-11H2,1-2H3,(H,21,23);1H,(H,2,3)/t13-,14+,16+,19+;/m0./s1. The Labute approximate surface area is 175 Å². The molecule has 3 fully saturated rings. The summed E-state index contributed by atoms with van der Waals surface area (Å²) in [6.45, 7) is 7.64. The van der Waals surface area contributed by atoms with Crippen molar-refractivity contribution >= 4 is 35.3 Å². The number of hydrogen-bond donors (Lipinski definition) is 2. The topological polar surface area (TPSA) is 78.9 Å². The van der Waals surface area contributed by atoms with Gasteiger partial charge in [-0.25, -0.2) is 0 Å². The van der Waals surface area contributed by atoms with Crippen LogP contribution in [-0.2, 0) is 20.9 Å². The molecule has 0 aliphatic carbocycles. The zero-order valence-corrected chi connectivity index (χ0v) is 18.0. The maximum Gasteiger partial charge on any atom is 0.290 e. The molecule has 1 amide bonds. The SMILES string of the molecule is CC(C)CC(=O)NC[C@H]1[C@H]2CN(Cc3sccc3Cl)C[C@]23CC[C@H]1O3.O=CO. The van der Waals surface area contributed by atoms with Crippen LogP contribution in [0, 0.1) is 17.8 Å². The lowest BCUT2D eigenvalue weighted by molar-refractivity contribution is -0.123. The molecule has 3 saturated heterocycles. The van der Waals surface area contributed by atoms with Crippen LogP contribution in [0.15, 0.2) is 11.4 Å². The van der Waals surface area contributed by atoms with E-state index >= 15 is 0 Å². The second-order valence-corrected chi connectivity index (χ2v) is 9.81. The molecule has 2 N–H and O–H groups in total. The van der Waals surface area contributed by atoms with E-state index < -0.39 is 0 Å². The van der Waals surface area contributed by atoms with Gasteiger partial charge in [-0.05, 0) is 30.2 Å². The van der Waals surface area contributed by atoms with Crippen LogP contribution in [0.3, 0.4) is 0 Å². The van der Waals surface area contributed by atoms with Crippen LogP contribution in [0.4, 0.5) is 0 Å². The number of rotatable bonds is 6. The molecule has 0 aromatic carbocycles. The van der Waals surface area contributed by atoms with Gasteiger partial charge in [-0.3, -0.25) is 14.5 Å². The van der Waals surface area contributed by atoms with E-state index in [0.29, 0.717) is 30.3 Å². The van der Waals surface area contributed by atoms with Crippen molar-refractivity contribution in [3.05, 3.63) is 21.3 Å². The summed E-state index contributed by atoms with van der Waals surface area (Å²) in [4.78, 5) is 24.1. The third-order valence-electron chi connectivity index (χ3n) is 6.04. The third-order valence-corrected chi connectivity index (χ3v) is 7.41. The van der Waals surface area contributed by atoms with Gasteiger partial charge in [0.2, 0.25) is 5.91 Å². The van der Waals surface area contributed by atoms with Gasteiger partial charge in [0.15, 0.2) is 0 Å². The smallest absolute Gasteiger partial charge is 0.290 e. The molecule has 1 aromatic rings. The average Bonchev–Trinajstić information content (AvgIpc) is 3.35. The van der Waals surface area contributed by atoms with Crippen LogP contribution in [0.25, 0.3) is 0 Å². The Morgan fingerprint density at radius 3 is 2.96 bits per heavy atom. The van der Waals surface area contributed by atoms with Crippen molar-refractivity contribution in [3.63, 3.8) is 0 Å². The first kappa shape index (κ1) is 21.6. The van der Waals surface area contributed by atoms with E-state index in [-0.39, 0.29) is 18.0 Å². The Hall–Kier alpha value is -1.15. The molecular weight excluding hydrogens is 400 g/mol. The highest BCUT2D eigenvalue weighted by Gasteiger charge is 2.62. The number of thiophene rings is 1. The van der Waals surface area contributed by atoms with E-state index in [1.54, 1.807) is 11.3 Å². The van der Waals surface area contributed by atoms with E-state index in [1.807, 2.05) is 6.07 Å². The monoisotopic (exact) mass is 428 g/mol. The first-order valence-electron chi connectivity index (χ1n) is 9.85. The number of fused-ring (bicyclic) bond motifs is 1. The number of hydrogen-bond acceptors (Lipinski definition) is 5. The molecule has 6 nitrogen and oxygen atoms in total. The number of carbonyl (C=O) groups excluding carboxylic acids is 1. The normalized spacial score (nSPS) is 30.8. The van der Waals surface area contributed by atoms with E-state index in [1.165, 1.54) is 4.88 Å². The summed E-state index contributed by atoms with van der Waals surface area (Å²) < 4.78 is 6.47. The number of likely N-dealkylation sites (tertiary alicyclic amines) is 1. The Morgan fingerprint density at radius 1 is 1.57 bits per heavy atom. The molecular formula is C20H29ClN2O4S. The molecule has 4 atom stereocenters. The molecule has 1 spiro atoms. The Kier molecular flexibility index (Phi) is 7.02. The molecule has 3 aliphatic rings. The molecule has 28 heavy (non-hydrogen) atoms. The van der Waals surface area contributed by atoms with E-state index in [2.05, 4.69) is 29.4 Å². The van der Waals surface area contributed by atoms with Crippen molar-refractivity contribution in [2.45, 2.75) is 51.4 Å². The van der Waals surface area contributed by atoms with Gasteiger partial charge in [0, 0.05) is 49.3 Å². The number of carbonyl (C=O) groups is 2. The Morgan fingerprint density at radius 2 is 2.32 bits per heavy atom. The van der Waals surface area contributed by atoms with Gasteiger partial charge in [0.1, 0.15) is 0 Å². The fourth-order valence-electron chi connectivity index (χ4n) is 5.00. The molecule has 0 saturated carbocycles. The number of nitrogens with one attached hydrogen (secondary N) is 1. The van der Waals surface area contributed by atoms with Crippen molar-refractivity contribution < 1.29 is 19.4 Å². The lowest BCUT2D eigenvalue weighted by Crippen LogP contribution is -2.42. The van der Waals surface area contributed by atoms with Crippen molar-refractivity contribution in [3.8, 4) is 0 Å². The molecule has 8 heteroatoms. The van der Waals surface area contributed by atoms with Gasteiger partial charge in [0.05, 0.1) is 16.7 Å². The number of carboxylic acid groups (broad SMARTS) is 1. The average molecular weight is 429 g/mol. The molecule has 4 heterocycles. The summed E-state index contributed by atoms with van der Waals surface area (Å²) in [5.74, 6) is 1.56. The second kappa shape index (κ2) is 9.11. The summed E-state index contributed by atoms with van der Waals surface area (Å²) in [5.41, 5.74) is 0.0157. The van der Waals surface area contributed by atoms with Crippen LogP contribution in [0.1, 0.15) is 38.0 Å². The molecule has 1 aromatic heterocycles. The first-order valence-corrected chi connectivity index (χ1v) is 11.1. The lowest BCUT2D eigenvalue weighted by atomic mass is 9.73. The van der Waals surface area contributed by atoms with Crippen LogP contribution in [0.2, 0.25) is 5.02 Å². The summed E-state index contributed by atoms with van der Waals surface area (Å²) in [7, 11) is 0. The lowest BCUT2D eigenvalue weighted by Gasteiger charge is -2.29. The zero-order valence-electron chi connectivity index (χ0n) is 16.4. The minimum Gasteiger partial charge on any atom is -0.483 e. The van der Waals surface area contributed by atoms with Gasteiger partial charge in [-0.15, -0.1) is 11.3 Å². The van der Waals surface area contributed by atoms with Crippen LogP contribution in [-0.4, -0.2) is 53.7 Å². The predicted molar refractivity (Wildman–Crippen MR) is 110 cm³/mol. The molecule has 4 rings (SSSR count). The van der Waals surface area contributed by atoms with Gasteiger partial charge < -0.3 is 15.2 Å². The zero-order chi connectivity index (χ0) is 20.3. The predicted octanol–water partition coefficient (Wildman–Crippen LogP) is 3.24. The minimum atomic E-state index is -0.250.